The zero-order chi connectivity index (χ0) is 10.8. The lowest BCUT2D eigenvalue weighted by atomic mass is 10.2. The summed E-state index contributed by atoms with van der Waals surface area (Å²) in [4.78, 5) is 11.1. The molecule has 0 aromatic rings. The van der Waals surface area contributed by atoms with Crippen molar-refractivity contribution in [3.63, 3.8) is 0 Å². The molecule has 0 fully saturated rings. The smallest absolute Gasteiger partial charge is 0.220 e. The van der Waals surface area contributed by atoms with E-state index in [1.165, 1.54) is 12.0 Å². The van der Waals surface area contributed by atoms with Gasteiger partial charge >= 0.3 is 0 Å². The number of nitrogens with one attached hydrogen (secondary N) is 1. The van der Waals surface area contributed by atoms with Gasteiger partial charge in [-0.3, -0.25) is 4.79 Å². The number of rotatable bonds is 8. The van der Waals surface area contributed by atoms with E-state index in [9.17, 15) is 4.79 Å². The summed E-state index contributed by atoms with van der Waals surface area (Å²) in [5, 5.41) is 2.85. The van der Waals surface area contributed by atoms with Crippen molar-refractivity contribution in [1.82, 2.24) is 5.32 Å². The lowest BCUT2D eigenvalue weighted by Gasteiger charge is -2.06. The molecule has 0 aliphatic heterocycles. The van der Waals surface area contributed by atoms with Crippen LogP contribution in [0.2, 0.25) is 0 Å². The van der Waals surface area contributed by atoms with Crippen molar-refractivity contribution in [2.75, 3.05) is 12.3 Å². The van der Waals surface area contributed by atoms with Gasteiger partial charge in [0.05, 0.1) is 6.10 Å². The molecule has 14 heavy (non-hydrogen) atoms. The Kier molecular flexibility index (Phi) is 9.19. The van der Waals surface area contributed by atoms with Gasteiger partial charge in [0.1, 0.15) is 0 Å². The average molecular weight is 219 g/mol. The third kappa shape index (κ3) is 9.86. The van der Waals surface area contributed by atoms with Gasteiger partial charge in [-0.15, -0.1) is 0 Å². The number of unbranched alkanes of at least 4 members (excludes halogenated alkanes) is 1. The minimum atomic E-state index is 0.150. The molecule has 3 nitrogen and oxygen atoms in total. The SMILES string of the molecule is CCCCC(=O)NCCSOC(C)C. The van der Waals surface area contributed by atoms with Crippen LogP contribution < -0.4 is 5.32 Å². The summed E-state index contributed by atoms with van der Waals surface area (Å²) in [6, 6.07) is 0. The van der Waals surface area contributed by atoms with E-state index >= 15 is 0 Å². The van der Waals surface area contributed by atoms with Gasteiger partial charge in [0.2, 0.25) is 5.91 Å². The van der Waals surface area contributed by atoms with Gasteiger partial charge in [-0.2, -0.15) is 0 Å². The van der Waals surface area contributed by atoms with Crippen LogP contribution >= 0.6 is 12.0 Å². The Morgan fingerprint density at radius 2 is 2.21 bits per heavy atom. The van der Waals surface area contributed by atoms with Crippen molar-refractivity contribution < 1.29 is 8.98 Å². The van der Waals surface area contributed by atoms with Crippen molar-refractivity contribution >= 4 is 17.9 Å². The molecule has 0 saturated heterocycles. The quantitative estimate of drug-likeness (QED) is 0.503. The first-order valence-corrected chi connectivity index (χ1v) is 6.12. The minimum absolute atomic E-state index is 0.150. The molecule has 0 aliphatic rings. The molecular formula is C10H21NO2S. The second-order valence-corrected chi connectivity index (χ2v) is 4.26. The van der Waals surface area contributed by atoms with Crippen LogP contribution in [0.3, 0.4) is 0 Å². The molecule has 0 rings (SSSR count). The van der Waals surface area contributed by atoms with E-state index in [1.807, 2.05) is 13.8 Å². The van der Waals surface area contributed by atoms with Crippen molar-refractivity contribution in [2.45, 2.75) is 46.1 Å². The van der Waals surface area contributed by atoms with Crippen molar-refractivity contribution in [3.05, 3.63) is 0 Å². The summed E-state index contributed by atoms with van der Waals surface area (Å²) < 4.78 is 5.27. The van der Waals surface area contributed by atoms with Gasteiger partial charge in [-0.05, 0) is 32.3 Å². The fraction of sp³-hybridized carbons (Fsp3) is 0.900. The van der Waals surface area contributed by atoms with Crippen LogP contribution in [-0.4, -0.2) is 24.3 Å². The molecule has 0 heterocycles. The van der Waals surface area contributed by atoms with E-state index in [0.29, 0.717) is 13.0 Å². The van der Waals surface area contributed by atoms with E-state index in [0.717, 1.165) is 18.6 Å². The minimum Gasteiger partial charge on any atom is -0.355 e. The van der Waals surface area contributed by atoms with Gasteiger partial charge in [-0.1, -0.05) is 13.3 Å². The Morgan fingerprint density at radius 1 is 1.50 bits per heavy atom. The fourth-order valence-corrected chi connectivity index (χ4v) is 1.40. The molecule has 84 valence electrons. The van der Waals surface area contributed by atoms with Gasteiger partial charge in [0.25, 0.3) is 0 Å². The molecule has 0 radical (unpaired) electrons. The van der Waals surface area contributed by atoms with Crippen LogP contribution in [0.4, 0.5) is 0 Å². The monoisotopic (exact) mass is 219 g/mol. The van der Waals surface area contributed by atoms with Crippen LogP contribution in [0.15, 0.2) is 0 Å². The topological polar surface area (TPSA) is 38.3 Å². The van der Waals surface area contributed by atoms with E-state index in [-0.39, 0.29) is 12.0 Å². The maximum atomic E-state index is 11.1. The van der Waals surface area contributed by atoms with Crippen LogP contribution in [0.25, 0.3) is 0 Å². The molecule has 1 amide bonds. The van der Waals surface area contributed by atoms with Gasteiger partial charge < -0.3 is 9.50 Å². The highest BCUT2D eigenvalue weighted by Crippen LogP contribution is 2.05. The number of carbonyl (C=O) groups excluding carboxylic acids is 1. The first-order chi connectivity index (χ1) is 6.66. The van der Waals surface area contributed by atoms with Crippen LogP contribution in [0.1, 0.15) is 40.0 Å². The predicted octanol–water partition coefficient (Wildman–Crippen LogP) is 2.37. The Labute approximate surface area is 91.2 Å². The lowest BCUT2D eigenvalue weighted by molar-refractivity contribution is -0.121. The normalized spacial score (nSPS) is 10.6. The van der Waals surface area contributed by atoms with Crippen LogP contribution in [0.5, 0.6) is 0 Å². The number of hydrogen-bond donors (Lipinski definition) is 1. The summed E-state index contributed by atoms with van der Waals surface area (Å²) in [7, 11) is 0. The number of hydrogen-bond acceptors (Lipinski definition) is 3. The zero-order valence-electron chi connectivity index (χ0n) is 9.34. The van der Waals surface area contributed by atoms with Gasteiger partial charge in [0.15, 0.2) is 0 Å². The van der Waals surface area contributed by atoms with E-state index in [2.05, 4.69) is 12.2 Å². The molecule has 1 N–H and O–H groups in total. The lowest BCUT2D eigenvalue weighted by Crippen LogP contribution is -2.25. The van der Waals surface area contributed by atoms with E-state index in [1.54, 1.807) is 0 Å². The average Bonchev–Trinajstić information content (AvgIpc) is 2.13. The molecular weight excluding hydrogens is 198 g/mol. The van der Waals surface area contributed by atoms with E-state index in [4.69, 9.17) is 4.18 Å². The van der Waals surface area contributed by atoms with Crippen molar-refractivity contribution in [2.24, 2.45) is 0 Å². The van der Waals surface area contributed by atoms with E-state index < -0.39 is 0 Å². The Hall–Kier alpha value is -0.220. The standard InChI is InChI=1S/C10H21NO2S/c1-4-5-6-10(12)11-7-8-14-13-9(2)3/h9H,4-8H2,1-3H3,(H,11,12). The summed E-state index contributed by atoms with van der Waals surface area (Å²) >= 11 is 1.41. The predicted molar refractivity (Wildman–Crippen MR) is 61.2 cm³/mol. The van der Waals surface area contributed by atoms with Crippen molar-refractivity contribution in [3.8, 4) is 0 Å². The van der Waals surface area contributed by atoms with Gasteiger partial charge in [0, 0.05) is 18.7 Å². The van der Waals surface area contributed by atoms with Crippen molar-refractivity contribution in [1.29, 1.82) is 0 Å². The zero-order valence-corrected chi connectivity index (χ0v) is 10.2. The highest BCUT2D eigenvalue weighted by Gasteiger charge is 1.99. The highest BCUT2D eigenvalue weighted by molar-refractivity contribution is 7.94. The van der Waals surface area contributed by atoms with Gasteiger partial charge in [-0.25, -0.2) is 0 Å². The molecule has 0 saturated carbocycles. The number of carbonyl (C=O) groups is 1. The molecule has 0 bridgehead atoms. The first-order valence-electron chi connectivity index (χ1n) is 5.21. The third-order valence-electron chi connectivity index (χ3n) is 1.53. The van der Waals surface area contributed by atoms with Crippen LogP contribution in [0, 0.1) is 0 Å². The molecule has 0 aliphatic carbocycles. The fourth-order valence-electron chi connectivity index (χ4n) is 0.842. The second-order valence-electron chi connectivity index (χ2n) is 3.42. The number of amides is 1. The molecule has 0 atom stereocenters. The second kappa shape index (κ2) is 9.34. The van der Waals surface area contributed by atoms with Crippen LogP contribution in [-0.2, 0) is 8.98 Å². The summed E-state index contributed by atoms with van der Waals surface area (Å²) in [6.07, 6.45) is 2.93. The Bertz CT molecular complexity index is 151. The molecule has 0 aromatic carbocycles. The summed E-state index contributed by atoms with van der Waals surface area (Å²) in [6.45, 7) is 6.76. The maximum absolute atomic E-state index is 11.1. The molecule has 0 unspecified atom stereocenters. The highest BCUT2D eigenvalue weighted by atomic mass is 32.2. The Balaban J connectivity index is 3.15. The maximum Gasteiger partial charge on any atom is 0.220 e. The molecule has 0 aromatic heterocycles. The molecule has 0 spiro atoms. The largest absolute Gasteiger partial charge is 0.355 e. The first kappa shape index (κ1) is 13.8. The summed E-state index contributed by atoms with van der Waals surface area (Å²) in [5.74, 6) is 0.966. The third-order valence-corrected chi connectivity index (χ3v) is 2.42. The summed E-state index contributed by atoms with van der Waals surface area (Å²) in [5.41, 5.74) is 0. The Morgan fingerprint density at radius 3 is 2.79 bits per heavy atom. The molecule has 4 heteroatoms.